The number of amides is 2. The Bertz CT molecular complexity index is 1020. The van der Waals surface area contributed by atoms with Gasteiger partial charge in [-0.2, -0.15) is 5.10 Å². The maximum atomic E-state index is 12.8. The number of nitrogens with zero attached hydrogens (tertiary/aromatic N) is 2. The molecule has 0 aliphatic carbocycles. The Morgan fingerprint density at radius 3 is 2.23 bits per heavy atom. The molecule has 0 spiro atoms. The third-order valence-electron chi connectivity index (χ3n) is 4.72. The third-order valence-corrected chi connectivity index (χ3v) is 4.72. The van der Waals surface area contributed by atoms with Crippen molar-refractivity contribution in [3.8, 4) is 0 Å². The maximum Gasteiger partial charge on any atom is 0.256 e. The van der Waals surface area contributed by atoms with Crippen molar-refractivity contribution in [3.63, 3.8) is 0 Å². The molecule has 0 atom stereocenters. The fourth-order valence-corrected chi connectivity index (χ4v) is 2.95. The molecule has 3 aromatic rings. The lowest BCUT2D eigenvalue weighted by molar-refractivity contribution is -0.119. The number of hydrogen-bond acceptors (Lipinski definition) is 3. The van der Waals surface area contributed by atoms with Crippen LogP contribution in [0.1, 0.15) is 54.9 Å². The molecular weight excluding hydrogens is 376 g/mol. The number of hydrogen-bond donors (Lipinski definition) is 2. The Morgan fingerprint density at radius 1 is 0.967 bits per heavy atom. The second-order valence-corrected chi connectivity index (χ2v) is 8.37. The number of nitrogens with one attached hydrogen (secondary N) is 2. The fourth-order valence-electron chi connectivity index (χ4n) is 2.95. The van der Waals surface area contributed by atoms with Crippen molar-refractivity contribution in [1.82, 2.24) is 15.1 Å². The number of carbonyl (C=O) groups excluding carboxylic acids is 2. The van der Waals surface area contributed by atoms with Crippen LogP contribution in [0, 0.1) is 0 Å². The normalized spacial score (nSPS) is 11.2. The highest BCUT2D eigenvalue weighted by Crippen LogP contribution is 2.25. The average molecular weight is 405 g/mol. The molecule has 2 N–H and O–H groups in total. The van der Waals surface area contributed by atoms with Crippen molar-refractivity contribution < 1.29 is 9.59 Å². The van der Waals surface area contributed by atoms with E-state index < -0.39 is 0 Å². The number of benzene rings is 2. The first-order valence-electron chi connectivity index (χ1n) is 9.99. The van der Waals surface area contributed by atoms with Gasteiger partial charge < -0.3 is 10.6 Å². The van der Waals surface area contributed by atoms with Gasteiger partial charge in [0.05, 0.1) is 12.2 Å². The molecule has 2 amide bonds. The Kier molecular flexibility index (Phi) is 6.35. The molecule has 0 radical (unpaired) electrons. The first-order valence-corrected chi connectivity index (χ1v) is 9.99. The molecule has 1 heterocycles. The molecule has 3 rings (SSSR count). The summed E-state index contributed by atoms with van der Waals surface area (Å²) < 4.78 is 1.83. The third kappa shape index (κ3) is 5.56. The van der Waals surface area contributed by atoms with Gasteiger partial charge in [-0.1, -0.05) is 63.2 Å². The van der Waals surface area contributed by atoms with Crippen molar-refractivity contribution in [2.45, 2.75) is 46.2 Å². The number of carbonyl (C=O) groups is 2. The van der Waals surface area contributed by atoms with Crippen LogP contribution in [0.2, 0.25) is 0 Å². The van der Waals surface area contributed by atoms with Gasteiger partial charge in [-0.25, -0.2) is 4.68 Å². The Balaban J connectivity index is 1.79. The van der Waals surface area contributed by atoms with Crippen molar-refractivity contribution in [3.05, 3.63) is 83.0 Å². The smallest absolute Gasteiger partial charge is 0.256 e. The second kappa shape index (κ2) is 8.95. The quantitative estimate of drug-likeness (QED) is 0.649. The van der Waals surface area contributed by atoms with E-state index in [-0.39, 0.29) is 17.2 Å². The van der Waals surface area contributed by atoms with Gasteiger partial charge in [-0.05, 0) is 23.3 Å². The highest BCUT2D eigenvalue weighted by molar-refractivity contribution is 6.03. The lowest BCUT2D eigenvalue weighted by atomic mass is 9.92. The van der Waals surface area contributed by atoms with Gasteiger partial charge in [-0.3, -0.25) is 9.59 Å². The lowest BCUT2D eigenvalue weighted by Crippen LogP contribution is -2.19. The highest BCUT2D eigenvalue weighted by Gasteiger charge is 2.21. The van der Waals surface area contributed by atoms with Crippen molar-refractivity contribution in [2.24, 2.45) is 0 Å². The zero-order chi connectivity index (χ0) is 21.7. The molecule has 2 aromatic carbocycles. The van der Waals surface area contributed by atoms with Gasteiger partial charge in [0.15, 0.2) is 0 Å². The van der Waals surface area contributed by atoms with Gasteiger partial charge >= 0.3 is 0 Å². The van der Waals surface area contributed by atoms with E-state index in [1.54, 1.807) is 12.1 Å². The minimum absolute atomic E-state index is 0.0850. The SMILES string of the molecule is CC(=O)NCc1ccc(C(=O)Nc2cc(C(C)(C)C)nn2Cc2ccccc2)cc1. The lowest BCUT2D eigenvalue weighted by Gasteiger charge is -2.14. The van der Waals surface area contributed by atoms with Crippen LogP contribution in [0.3, 0.4) is 0 Å². The predicted octanol–water partition coefficient (Wildman–Crippen LogP) is 4.12. The molecule has 6 heteroatoms. The van der Waals surface area contributed by atoms with Gasteiger partial charge in [0.2, 0.25) is 5.91 Å². The Morgan fingerprint density at radius 2 is 1.63 bits per heavy atom. The molecule has 1 aromatic heterocycles. The highest BCUT2D eigenvalue weighted by atomic mass is 16.2. The minimum atomic E-state index is -0.198. The molecule has 156 valence electrons. The molecule has 0 aliphatic rings. The molecule has 0 unspecified atom stereocenters. The van der Waals surface area contributed by atoms with E-state index in [0.717, 1.165) is 16.8 Å². The molecule has 0 saturated heterocycles. The molecule has 0 aliphatic heterocycles. The zero-order valence-electron chi connectivity index (χ0n) is 17.9. The van der Waals surface area contributed by atoms with E-state index in [2.05, 4.69) is 31.4 Å². The van der Waals surface area contributed by atoms with Crippen LogP contribution in [0.15, 0.2) is 60.7 Å². The van der Waals surface area contributed by atoms with Gasteiger partial charge in [-0.15, -0.1) is 0 Å². The molecular formula is C24H28N4O2. The topological polar surface area (TPSA) is 76.0 Å². The van der Waals surface area contributed by atoms with Gasteiger partial charge in [0.25, 0.3) is 5.91 Å². The van der Waals surface area contributed by atoms with Gasteiger partial charge in [0, 0.05) is 30.5 Å². The van der Waals surface area contributed by atoms with Crippen LogP contribution in [0.4, 0.5) is 5.82 Å². The average Bonchev–Trinajstić information content (AvgIpc) is 3.10. The predicted molar refractivity (Wildman–Crippen MR) is 118 cm³/mol. The Labute approximate surface area is 177 Å². The second-order valence-electron chi connectivity index (χ2n) is 8.37. The minimum Gasteiger partial charge on any atom is -0.352 e. The van der Waals surface area contributed by atoms with Crippen molar-refractivity contribution in [2.75, 3.05) is 5.32 Å². The first kappa shape index (κ1) is 21.3. The number of rotatable bonds is 6. The van der Waals surface area contributed by atoms with E-state index in [1.807, 2.05) is 53.2 Å². The van der Waals surface area contributed by atoms with Gasteiger partial charge in [0.1, 0.15) is 5.82 Å². The maximum absolute atomic E-state index is 12.8. The summed E-state index contributed by atoms with van der Waals surface area (Å²) >= 11 is 0. The number of aromatic nitrogens is 2. The summed E-state index contributed by atoms with van der Waals surface area (Å²) in [5, 5.41) is 10.5. The van der Waals surface area contributed by atoms with E-state index in [0.29, 0.717) is 24.5 Å². The standard InChI is InChI=1S/C24H28N4O2/c1-17(29)25-15-18-10-12-20(13-11-18)23(30)26-22-14-21(24(2,3)4)27-28(22)16-19-8-6-5-7-9-19/h5-14H,15-16H2,1-4H3,(H,25,29)(H,26,30). The first-order chi connectivity index (χ1) is 14.2. The fraction of sp³-hybridized carbons (Fsp3) is 0.292. The molecule has 6 nitrogen and oxygen atoms in total. The van der Waals surface area contributed by atoms with Crippen LogP contribution in [0.25, 0.3) is 0 Å². The molecule has 0 fully saturated rings. The summed E-state index contributed by atoms with van der Waals surface area (Å²) in [5.41, 5.74) is 3.38. The van der Waals surface area contributed by atoms with Crippen LogP contribution in [-0.2, 0) is 23.3 Å². The van der Waals surface area contributed by atoms with E-state index >= 15 is 0 Å². The number of anilines is 1. The molecule has 30 heavy (non-hydrogen) atoms. The monoisotopic (exact) mass is 404 g/mol. The molecule has 0 saturated carbocycles. The van der Waals surface area contributed by atoms with Crippen LogP contribution in [0.5, 0.6) is 0 Å². The zero-order valence-corrected chi connectivity index (χ0v) is 17.9. The van der Waals surface area contributed by atoms with Crippen LogP contribution >= 0.6 is 0 Å². The molecule has 0 bridgehead atoms. The summed E-state index contributed by atoms with van der Waals surface area (Å²) in [7, 11) is 0. The summed E-state index contributed by atoms with van der Waals surface area (Å²) in [4.78, 5) is 23.9. The van der Waals surface area contributed by atoms with E-state index in [4.69, 9.17) is 5.10 Å². The van der Waals surface area contributed by atoms with Crippen molar-refractivity contribution >= 4 is 17.6 Å². The van der Waals surface area contributed by atoms with Crippen LogP contribution < -0.4 is 10.6 Å². The Hall–Kier alpha value is -3.41. The summed E-state index contributed by atoms with van der Waals surface area (Å²) in [6.07, 6.45) is 0. The summed E-state index contributed by atoms with van der Waals surface area (Å²) in [6, 6.07) is 19.2. The van der Waals surface area contributed by atoms with E-state index in [1.165, 1.54) is 6.92 Å². The summed E-state index contributed by atoms with van der Waals surface area (Å²) in [6.45, 7) is 8.79. The van der Waals surface area contributed by atoms with E-state index in [9.17, 15) is 9.59 Å². The summed E-state index contributed by atoms with van der Waals surface area (Å²) in [5.74, 6) is 0.380. The van der Waals surface area contributed by atoms with Crippen LogP contribution in [-0.4, -0.2) is 21.6 Å². The van der Waals surface area contributed by atoms with Crippen molar-refractivity contribution in [1.29, 1.82) is 0 Å². The largest absolute Gasteiger partial charge is 0.352 e.